The Morgan fingerprint density at radius 2 is 1.54 bits per heavy atom. The molecule has 13 heavy (non-hydrogen) atoms. The first-order chi connectivity index (χ1) is 6.27. The molecule has 0 aromatic carbocycles. The summed E-state index contributed by atoms with van der Waals surface area (Å²) in [5.74, 6) is 0. The lowest BCUT2D eigenvalue weighted by Gasteiger charge is -2.08. The highest BCUT2D eigenvalue weighted by Crippen LogP contribution is 2.04. The molecule has 0 aliphatic rings. The minimum atomic E-state index is 0.699. The van der Waals surface area contributed by atoms with E-state index in [1.54, 1.807) is 19.2 Å². The van der Waals surface area contributed by atoms with Gasteiger partial charge in [-0.05, 0) is 6.42 Å². The number of hydrogen-bond acceptors (Lipinski definition) is 3. The Labute approximate surface area is 81.9 Å². The van der Waals surface area contributed by atoms with Gasteiger partial charge in [0.2, 0.25) is 0 Å². The summed E-state index contributed by atoms with van der Waals surface area (Å²) in [6, 6.07) is 0. The molecule has 0 rings (SSSR count). The zero-order chi connectivity index (χ0) is 9.94. The summed E-state index contributed by atoms with van der Waals surface area (Å²) in [6.45, 7) is 2.93. The van der Waals surface area contributed by atoms with Crippen LogP contribution in [0.15, 0.2) is 0 Å². The van der Waals surface area contributed by atoms with Crippen LogP contribution in [-0.4, -0.2) is 25.8 Å². The number of rotatable bonds is 9. The van der Waals surface area contributed by atoms with Gasteiger partial charge in [-0.2, -0.15) is 5.06 Å². The van der Waals surface area contributed by atoms with Crippen LogP contribution >= 0.6 is 0 Å². The lowest BCUT2D eigenvalue weighted by Crippen LogP contribution is -2.13. The first kappa shape index (κ1) is 12.9. The second kappa shape index (κ2) is 9.96. The third kappa shape index (κ3) is 11.9. The van der Waals surface area contributed by atoms with Crippen LogP contribution < -0.4 is 0 Å². The topological polar surface area (TPSA) is 21.7 Å². The maximum absolute atomic E-state index is 4.93. The first-order valence-electron chi connectivity index (χ1n) is 5.24. The molecule has 0 aromatic heterocycles. The normalized spacial score (nSPS) is 11.1. The quantitative estimate of drug-likeness (QED) is 0.316. The molecular formula is C10H23NO2. The molecule has 0 unspecified atom stereocenters. The second-order valence-electron chi connectivity index (χ2n) is 3.48. The van der Waals surface area contributed by atoms with Crippen molar-refractivity contribution in [2.45, 2.75) is 45.4 Å². The van der Waals surface area contributed by atoms with Crippen LogP contribution in [0.3, 0.4) is 0 Å². The maximum Gasteiger partial charge on any atom is 0.0842 e. The molecule has 0 fully saturated rings. The van der Waals surface area contributed by atoms with Crippen molar-refractivity contribution in [3.05, 3.63) is 0 Å². The monoisotopic (exact) mass is 189 g/mol. The highest BCUT2D eigenvalue weighted by molar-refractivity contribution is 4.42. The Morgan fingerprint density at radius 3 is 2.15 bits per heavy atom. The molecule has 0 bridgehead atoms. The Hall–Kier alpha value is -0.120. The van der Waals surface area contributed by atoms with Crippen LogP contribution in [0.1, 0.15) is 45.4 Å². The molecule has 3 nitrogen and oxygen atoms in total. The molecule has 0 aliphatic heterocycles. The summed E-state index contributed by atoms with van der Waals surface area (Å²) in [5.41, 5.74) is 0. The highest BCUT2D eigenvalue weighted by Gasteiger charge is 1.92. The Kier molecular flexibility index (Phi) is 9.87. The zero-order valence-corrected chi connectivity index (χ0v) is 9.21. The predicted molar refractivity (Wildman–Crippen MR) is 54.1 cm³/mol. The molecule has 0 aromatic rings. The van der Waals surface area contributed by atoms with Gasteiger partial charge >= 0.3 is 0 Å². The summed E-state index contributed by atoms with van der Waals surface area (Å²) in [5, 5.41) is 1.55. The molecule has 80 valence electrons. The van der Waals surface area contributed by atoms with E-state index in [1.807, 2.05) is 0 Å². The van der Waals surface area contributed by atoms with E-state index in [0.717, 1.165) is 6.42 Å². The minimum absolute atomic E-state index is 0.699. The summed E-state index contributed by atoms with van der Waals surface area (Å²) >= 11 is 0. The average molecular weight is 189 g/mol. The molecule has 3 heteroatoms. The average Bonchev–Trinajstić information content (AvgIpc) is 2.09. The third-order valence-electron chi connectivity index (χ3n) is 1.78. The van der Waals surface area contributed by atoms with E-state index >= 15 is 0 Å². The van der Waals surface area contributed by atoms with Crippen molar-refractivity contribution in [1.82, 2.24) is 5.06 Å². The SMILES string of the molecule is CCCCCCCCOON(C)C. The smallest absolute Gasteiger partial charge is 0.0842 e. The van der Waals surface area contributed by atoms with Gasteiger partial charge in [-0.15, -0.1) is 4.99 Å². The Balaban J connectivity index is 2.84. The maximum atomic E-state index is 4.93. The van der Waals surface area contributed by atoms with Gasteiger partial charge in [-0.25, -0.2) is 4.89 Å². The number of nitrogens with zero attached hydrogens (tertiary/aromatic N) is 1. The van der Waals surface area contributed by atoms with Gasteiger partial charge in [0, 0.05) is 14.1 Å². The van der Waals surface area contributed by atoms with Gasteiger partial charge in [0.05, 0.1) is 6.61 Å². The molecular weight excluding hydrogens is 166 g/mol. The van der Waals surface area contributed by atoms with Crippen molar-refractivity contribution >= 4 is 0 Å². The first-order valence-corrected chi connectivity index (χ1v) is 5.24. The predicted octanol–water partition coefficient (Wildman–Crippen LogP) is 2.77. The molecule has 0 spiro atoms. The fourth-order valence-corrected chi connectivity index (χ4v) is 1.08. The van der Waals surface area contributed by atoms with Gasteiger partial charge in [-0.1, -0.05) is 39.0 Å². The van der Waals surface area contributed by atoms with Gasteiger partial charge in [0.15, 0.2) is 0 Å². The number of hydrogen-bond donors (Lipinski definition) is 0. The van der Waals surface area contributed by atoms with Crippen molar-refractivity contribution in [2.24, 2.45) is 0 Å². The van der Waals surface area contributed by atoms with E-state index < -0.39 is 0 Å². The fraction of sp³-hybridized carbons (Fsp3) is 1.00. The summed E-state index contributed by atoms with van der Waals surface area (Å²) < 4.78 is 0. The molecule has 0 N–H and O–H groups in total. The second-order valence-corrected chi connectivity index (χ2v) is 3.48. The van der Waals surface area contributed by atoms with Crippen molar-refractivity contribution in [1.29, 1.82) is 0 Å². The van der Waals surface area contributed by atoms with Crippen molar-refractivity contribution in [3.63, 3.8) is 0 Å². The van der Waals surface area contributed by atoms with Gasteiger partial charge in [0.25, 0.3) is 0 Å². The number of unbranched alkanes of at least 4 members (excludes halogenated alkanes) is 5. The van der Waals surface area contributed by atoms with E-state index in [4.69, 9.17) is 9.88 Å². The van der Waals surface area contributed by atoms with Crippen LogP contribution in [0, 0.1) is 0 Å². The minimum Gasteiger partial charge on any atom is -0.218 e. The van der Waals surface area contributed by atoms with Gasteiger partial charge in [0.1, 0.15) is 0 Å². The molecule has 0 atom stereocenters. The van der Waals surface area contributed by atoms with Crippen LogP contribution in [0.4, 0.5) is 0 Å². The van der Waals surface area contributed by atoms with E-state index in [0.29, 0.717) is 6.61 Å². The zero-order valence-electron chi connectivity index (χ0n) is 9.21. The van der Waals surface area contributed by atoms with E-state index in [2.05, 4.69) is 6.92 Å². The van der Waals surface area contributed by atoms with Crippen LogP contribution in [0.25, 0.3) is 0 Å². The Bertz CT molecular complexity index is 96.9. The molecule has 0 saturated heterocycles. The lowest BCUT2D eigenvalue weighted by molar-refractivity contribution is -0.412. The van der Waals surface area contributed by atoms with Gasteiger partial charge in [-0.3, -0.25) is 0 Å². The molecule has 0 radical (unpaired) electrons. The fourth-order valence-electron chi connectivity index (χ4n) is 1.08. The molecule has 0 amide bonds. The standard InChI is InChI=1S/C10H23NO2/c1-4-5-6-7-8-9-10-12-13-11(2)3/h4-10H2,1-3H3. The summed E-state index contributed by atoms with van der Waals surface area (Å²) in [6.07, 6.45) is 7.67. The van der Waals surface area contributed by atoms with Crippen molar-refractivity contribution < 1.29 is 9.88 Å². The molecule has 0 aliphatic carbocycles. The van der Waals surface area contributed by atoms with Crippen molar-refractivity contribution in [3.8, 4) is 0 Å². The summed E-state index contributed by atoms with van der Waals surface area (Å²) in [4.78, 5) is 9.73. The van der Waals surface area contributed by atoms with Crippen LogP contribution in [-0.2, 0) is 9.88 Å². The molecule has 0 saturated carbocycles. The Morgan fingerprint density at radius 1 is 0.923 bits per heavy atom. The van der Waals surface area contributed by atoms with Crippen molar-refractivity contribution in [2.75, 3.05) is 20.7 Å². The van der Waals surface area contributed by atoms with E-state index in [-0.39, 0.29) is 0 Å². The third-order valence-corrected chi connectivity index (χ3v) is 1.78. The molecule has 0 heterocycles. The van der Waals surface area contributed by atoms with E-state index in [9.17, 15) is 0 Å². The summed E-state index contributed by atoms with van der Waals surface area (Å²) in [7, 11) is 3.61. The van der Waals surface area contributed by atoms with Crippen LogP contribution in [0.5, 0.6) is 0 Å². The number of hydroxylamine groups is 2. The largest absolute Gasteiger partial charge is 0.218 e. The van der Waals surface area contributed by atoms with Crippen LogP contribution in [0.2, 0.25) is 0 Å². The van der Waals surface area contributed by atoms with Gasteiger partial charge < -0.3 is 0 Å². The lowest BCUT2D eigenvalue weighted by atomic mass is 10.1. The van der Waals surface area contributed by atoms with E-state index in [1.165, 1.54) is 32.1 Å². The highest BCUT2D eigenvalue weighted by atomic mass is 17.3.